The fraction of sp³-hybridized carbons (Fsp3) is 0.650. The fourth-order valence-corrected chi connectivity index (χ4v) is 3.34. The smallest absolute Gasteiger partial charge is 0.306 e. The van der Waals surface area contributed by atoms with Crippen molar-refractivity contribution in [2.75, 3.05) is 0 Å². The summed E-state index contributed by atoms with van der Waals surface area (Å²) in [7, 11) is 0. The van der Waals surface area contributed by atoms with E-state index in [1.807, 2.05) is 0 Å². The second-order valence-electron chi connectivity index (χ2n) is 6.05. The molecule has 2 atom stereocenters. The standard InChI is InChI=1S/C20H31IO2/c1-2-3-4-5-6-7-8-9-10-11-12-13-15-18(21)19-16-14-17-20(22)23-19/h6-7,9-10,12-13,18-19H,2-5,8,11,14-17H2,1H3. The van der Waals surface area contributed by atoms with Gasteiger partial charge in [0.2, 0.25) is 0 Å². The van der Waals surface area contributed by atoms with Crippen LogP contribution in [0, 0.1) is 0 Å². The van der Waals surface area contributed by atoms with Gasteiger partial charge in [0.05, 0.1) is 3.92 Å². The van der Waals surface area contributed by atoms with E-state index in [0.717, 1.165) is 32.1 Å². The van der Waals surface area contributed by atoms with E-state index in [9.17, 15) is 4.79 Å². The molecule has 0 saturated carbocycles. The third-order valence-electron chi connectivity index (χ3n) is 3.94. The number of halogens is 1. The molecule has 1 heterocycles. The highest BCUT2D eigenvalue weighted by Gasteiger charge is 2.25. The van der Waals surface area contributed by atoms with Crippen molar-refractivity contribution in [3.8, 4) is 0 Å². The van der Waals surface area contributed by atoms with Crippen molar-refractivity contribution >= 4 is 28.6 Å². The van der Waals surface area contributed by atoms with Gasteiger partial charge >= 0.3 is 5.97 Å². The van der Waals surface area contributed by atoms with Gasteiger partial charge in [0.25, 0.3) is 0 Å². The summed E-state index contributed by atoms with van der Waals surface area (Å²) in [5, 5.41) is 0. The number of alkyl halides is 1. The van der Waals surface area contributed by atoms with E-state index < -0.39 is 0 Å². The second kappa shape index (κ2) is 13.8. The van der Waals surface area contributed by atoms with Crippen molar-refractivity contribution in [1.82, 2.24) is 0 Å². The normalized spacial score (nSPS) is 20.6. The van der Waals surface area contributed by atoms with Crippen LogP contribution in [-0.4, -0.2) is 16.0 Å². The van der Waals surface area contributed by atoms with Gasteiger partial charge in [-0.15, -0.1) is 0 Å². The van der Waals surface area contributed by atoms with Crippen molar-refractivity contribution < 1.29 is 9.53 Å². The lowest BCUT2D eigenvalue weighted by molar-refractivity contribution is -0.153. The van der Waals surface area contributed by atoms with E-state index in [2.05, 4.69) is 66.0 Å². The van der Waals surface area contributed by atoms with Crippen LogP contribution in [0.25, 0.3) is 0 Å². The highest BCUT2D eigenvalue weighted by molar-refractivity contribution is 14.1. The predicted octanol–water partition coefficient (Wildman–Crippen LogP) is 6.30. The summed E-state index contributed by atoms with van der Waals surface area (Å²) < 4.78 is 5.80. The lowest BCUT2D eigenvalue weighted by Gasteiger charge is -2.25. The topological polar surface area (TPSA) is 26.3 Å². The number of cyclic esters (lactones) is 1. The molecule has 0 aromatic heterocycles. The minimum atomic E-state index is -0.0300. The van der Waals surface area contributed by atoms with Crippen molar-refractivity contribution in [3.63, 3.8) is 0 Å². The first-order valence-electron chi connectivity index (χ1n) is 9.02. The summed E-state index contributed by atoms with van der Waals surface area (Å²) in [6, 6.07) is 0. The quantitative estimate of drug-likeness (QED) is 0.126. The lowest BCUT2D eigenvalue weighted by Crippen LogP contribution is -2.30. The zero-order valence-electron chi connectivity index (χ0n) is 14.4. The van der Waals surface area contributed by atoms with Crippen LogP contribution in [0.2, 0.25) is 0 Å². The molecule has 3 heteroatoms. The van der Waals surface area contributed by atoms with Gasteiger partial charge < -0.3 is 4.74 Å². The Morgan fingerprint density at radius 1 is 1.13 bits per heavy atom. The summed E-state index contributed by atoms with van der Waals surface area (Å²) >= 11 is 2.41. The molecule has 0 amide bonds. The maximum absolute atomic E-state index is 11.3. The molecule has 0 bridgehead atoms. The molecule has 130 valence electrons. The Kier molecular flexibility index (Phi) is 12.3. The minimum absolute atomic E-state index is 0.0300. The third-order valence-corrected chi connectivity index (χ3v) is 5.25. The summed E-state index contributed by atoms with van der Waals surface area (Å²) in [6.45, 7) is 2.24. The van der Waals surface area contributed by atoms with Crippen LogP contribution in [0.5, 0.6) is 0 Å². The predicted molar refractivity (Wildman–Crippen MR) is 107 cm³/mol. The average molecular weight is 430 g/mol. The number of ether oxygens (including phenoxy) is 1. The first kappa shape index (κ1) is 20.5. The van der Waals surface area contributed by atoms with Crippen LogP contribution in [0.3, 0.4) is 0 Å². The molecule has 1 saturated heterocycles. The third kappa shape index (κ3) is 10.7. The minimum Gasteiger partial charge on any atom is -0.461 e. The number of hydrogen-bond acceptors (Lipinski definition) is 2. The van der Waals surface area contributed by atoms with E-state index in [1.54, 1.807) is 0 Å². The molecule has 2 unspecified atom stereocenters. The molecule has 0 spiro atoms. The Morgan fingerprint density at radius 3 is 2.52 bits per heavy atom. The van der Waals surface area contributed by atoms with Gasteiger partial charge in [-0.25, -0.2) is 0 Å². The molecule has 0 radical (unpaired) electrons. The van der Waals surface area contributed by atoms with Crippen LogP contribution in [0.1, 0.15) is 71.1 Å². The Labute approximate surface area is 155 Å². The molecule has 2 nitrogen and oxygen atoms in total. The Bertz CT molecular complexity index is 398. The van der Waals surface area contributed by atoms with Gasteiger partial charge in [0.1, 0.15) is 6.10 Å². The number of rotatable bonds is 11. The van der Waals surface area contributed by atoms with Crippen LogP contribution in [0.4, 0.5) is 0 Å². The van der Waals surface area contributed by atoms with Crippen molar-refractivity contribution in [2.24, 2.45) is 0 Å². The van der Waals surface area contributed by atoms with Crippen molar-refractivity contribution in [3.05, 3.63) is 36.5 Å². The largest absolute Gasteiger partial charge is 0.461 e. The monoisotopic (exact) mass is 430 g/mol. The maximum atomic E-state index is 11.3. The van der Waals surface area contributed by atoms with E-state index in [1.165, 1.54) is 25.7 Å². The highest BCUT2D eigenvalue weighted by Crippen LogP contribution is 2.24. The van der Waals surface area contributed by atoms with E-state index >= 15 is 0 Å². The lowest BCUT2D eigenvalue weighted by atomic mass is 10.0. The number of allylic oxidation sites excluding steroid dienone is 6. The van der Waals surface area contributed by atoms with Gasteiger partial charge in [-0.2, -0.15) is 0 Å². The molecule has 1 fully saturated rings. The van der Waals surface area contributed by atoms with Crippen molar-refractivity contribution in [2.45, 2.75) is 81.2 Å². The summed E-state index contributed by atoms with van der Waals surface area (Å²) in [5.74, 6) is -0.0300. The fourth-order valence-electron chi connectivity index (χ4n) is 2.54. The number of carbonyl (C=O) groups is 1. The molecule has 23 heavy (non-hydrogen) atoms. The van der Waals surface area contributed by atoms with Gasteiger partial charge in [0, 0.05) is 6.42 Å². The Balaban J connectivity index is 2.05. The summed E-state index contributed by atoms with van der Waals surface area (Å²) in [5.41, 5.74) is 0. The average Bonchev–Trinajstić information content (AvgIpc) is 2.55. The molecule has 1 aliphatic heterocycles. The van der Waals surface area contributed by atoms with Gasteiger partial charge in [-0.3, -0.25) is 4.79 Å². The molecule has 0 aromatic rings. The zero-order chi connectivity index (χ0) is 16.8. The molecule has 1 aliphatic rings. The maximum Gasteiger partial charge on any atom is 0.306 e. The van der Waals surface area contributed by atoms with Crippen LogP contribution < -0.4 is 0 Å². The summed E-state index contributed by atoms with van der Waals surface area (Å²) in [6.07, 6.45) is 24.2. The SMILES string of the molecule is CCCCCC=CCC=CCC=CCC(I)C1CCCC(=O)O1. The highest BCUT2D eigenvalue weighted by atomic mass is 127. The number of carbonyl (C=O) groups excluding carboxylic acids is 1. The van der Waals surface area contributed by atoms with Gasteiger partial charge in [-0.1, -0.05) is 78.8 Å². The Morgan fingerprint density at radius 2 is 1.83 bits per heavy atom. The Hall–Kier alpha value is -0.580. The van der Waals surface area contributed by atoms with E-state index in [4.69, 9.17) is 4.74 Å². The number of hydrogen-bond donors (Lipinski definition) is 0. The zero-order valence-corrected chi connectivity index (χ0v) is 16.5. The molecular weight excluding hydrogens is 399 g/mol. The van der Waals surface area contributed by atoms with E-state index in [0.29, 0.717) is 10.3 Å². The second-order valence-corrected chi connectivity index (χ2v) is 7.65. The molecule has 0 aromatic carbocycles. The summed E-state index contributed by atoms with van der Waals surface area (Å²) in [4.78, 5) is 11.3. The van der Waals surface area contributed by atoms with Crippen molar-refractivity contribution in [1.29, 1.82) is 0 Å². The van der Waals surface area contributed by atoms with Crippen LogP contribution in [0.15, 0.2) is 36.5 Å². The van der Waals surface area contributed by atoms with Crippen LogP contribution >= 0.6 is 22.6 Å². The van der Waals surface area contributed by atoms with E-state index in [-0.39, 0.29) is 12.1 Å². The van der Waals surface area contributed by atoms with Crippen LogP contribution in [-0.2, 0) is 9.53 Å². The molecule has 0 N–H and O–H groups in total. The number of unbranched alkanes of at least 4 members (excludes halogenated alkanes) is 3. The molecular formula is C20H31IO2. The number of esters is 1. The van der Waals surface area contributed by atoms with Gasteiger partial charge in [0.15, 0.2) is 0 Å². The first-order chi connectivity index (χ1) is 11.2. The van der Waals surface area contributed by atoms with Gasteiger partial charge in [-0.05, 0) is 44.9 Å². The molecule has 0 aliphatic carbocycles. The molecule has 1 rings (SSSR count). The first-order valence-corrected chi connectivity index (χ1v) is 10.3.